The molecule has 0 aromatic carbocycles. The lowest BCUT2D eigenvalue weighted by Crippen LogP contribution is -2.59. The van der Waals surface area contributed by atoms with E-state index in [9.17, 15) is 9.59 Å². The maximum absolute atomic E-state index is 13.3. The molecule has 1 aliphatic carbocycles. The second-order valence-electron chi connectivity index (χ2n) is 7.98. The van der Waals surface area contributed by atoms with Gasteiger partial charge in [0.1, 0.15) is 11.8 Å². The maximum atomic E-state index is 13.3. The van der Waals surface area contributed by atoms with Crippen LogP contribution < -0.4 is 0 Å². The van der Waals surface area contributed by atoms with E-state index in [4.69, 9.17) is 4.74 Å². The molecule has 0 N–H and O–H groups in total. The molecule has 1 saturated carbocycles. The maximum Gasteiger partial charge on any atom is 0.247 e. The van der Waals surface area contributed by atoms with E-state index in [1.807, 2.05) is 27.3 Å². The lowest BCUT2D eigenvalue weighted by molar-refractivity contribution is -0.161. The molecule has 1 aromatic rings. The van der Waals surface area contributed by atoms with Gasteiger partial charge < -0.3 is 14.5 Å². The number of hydrogen-bond donors (Lipinski definition) is 0. The monoisotopic (exact) mass is 391 g/mol. The molecule has 2 aliphatic heterocycles. The van der Waals surface area contributed by atoms with Crippen molar-refractivity contribution < 1.29 is 14.3 Å². The molecular formula is C20H29N3O3S. The fraction of sp³-hybridized carbons (Fsp3) is 0.700. The highest BCUT2D eigenvalue weighted by Gasteiger charge is 2.53. The van der Waals surface area contributed by atoms with Crippen LogP contribution in [0.2, 0.25) is 0 Å². The van der Waals surface area contributed by atoms with Gasteiger partial charge in [-0.1, -0.05) is 12.5 Å². The van der Waals surface area contributed by atoms with Gasteiger partial charge in [0.05, 0.1) is 13.0 Å². The van der Waals surface area contributed by atoms with Crippen LogP contribution in [0.5, 0.6) is 0 Å². The highest BCUT2D eigenvalue weighted by molar-refractivity contribution is 7.10. The molecule has 1 aromatic heterocycles. The van der Waals surface area contributed by atoms with Crippen LogP contribution in [-0.4, -0.2) is 78.1 Å². The molecule has 0 unspecified atom stereocenters. The molecule has 0 radical (unpaired) electrons. The van der Waals surface area contributed by atoms with Gasteiger partial charge in [0.15, 0.2) is 0 Å². The van der Waals surface area contributed by atoms with Crippen LogP contribution in [0.1, 0.15) is 37.0 Å². The zero-order chi connectivity index (χ0) is 18.9. The van der Waals surface area contributed by atoms with E-state index in [1.54, 1.807) is 11.3 Å². The summed E-state index contributed by atoms with van der Waals surface area (Å²) in [6, 6.07) is 3.49. The minimum absolute atomic E-state index is 0.0318. The first-order valence-corrected chi connectivity index (χ1v) is 10.9. The number of amides is 2. The Balaban J connectivity index is 1.55. The standard InChI is InChI=1S/C20H29N3O3S/c1-21-9-11-22(12-10-21)19(25)17-15-26-20(7-3-2-4-8-20)23(17)18(24)14-16-6-5-13-27-16/h5-6,13,17H,2-4,7-12,14-15H2,1H3/t17-/m1/s1. The first-order chi connectivity index (χ1) is 13.1. The molecule has 7 heteroatoms. The fourth-order valence-electron chi connectivity index (χ4n) is 4.62. The topological polar surface area (TPSA) is 53.1 Å². The molecular weight excluding hydrogens is 362 g/mol. The summed E-state index contributed by atoms with van der Waals surface area (Å²) < 4.78 is 6.23. The Morgan fingerprint density at radius 2 is 1.93 bits per heavy atom. The van der Waals surface area contributed by atoms with E-state index >= 15 is 0 Å². The van der Waals surface area contributed by atoms with Crippen LogP contribution >= 0.6 is 11.3 Å². The molecule has 6 nitrogen and oxygen atoms in total. The van der Waals surface area contributed by atoms with Crippen molar-refractivity contribution in [3.63, 3.8) is 0 Å². The number of rotatable bonds is 3. The molecule has 3 heterocycles. The van der Waals surface area contributed by atoms with Crippen molar-refractivity contribution in [3.8, 4) is 0 Å². The highest BCUT2D eigenvalue weighted by atomic mass is 32.1. The van der Waals surface area contributed by atoms with Crippen molar-refractivity contribution in [2.75, 3.05) is 39.8 Å². The molecule has 148 valence electrons. The second kappa shape index (κ2) is 7.89. The van der Waals surface area contributed by atoms with Crippen molar-refractivity contribution in [2.45, 2.75) is 50.3 Å². The third-order valence-corrected chi connectivity index (χ3v) is 7.05. The van der Waals surface area contributed by atoms with Crippen molar-refractivity contribution >= 4 is 23.2 Å². The number of nitrogens with zero attached hydrogens (tertiary/aromatic N) is 3. The molecule has 4 rings (SSSR count). The minimum Gasteiger partial charge on any atom is -0.353 e. The smallest absolute Gasteiger partial charge is 0.247 e. The summed E-state index contributed by atoms with van der Waals surface area (Å²) in [5, 5.41) is 1.99. The zero-order valence-corrected chi connectivity index (χ0v) is 16.9. The Hall–Kier alpha value is -1.44. The Morgan fingerprint density at radius 3 is 2.59 bits per heavy atom. The summed E-state index contributed by atoms with van der Waals surface area (Å²) >= 11 is 1.59. The fourth-order valence-corrected chi connectivity index (χ4v) is 5.32. The predicted octanol–water partition coefficient (Wildman–Crippen LogP) is 1.95. The number of thiophene rings is 1. The van der Waals surface area contributed by atoms with Crippen LogP contribution in [0.4, 0.5) is 0 Å². The van der Waals surface area contributed by atoms with Gasteiger partial charge in [-0.3, -0.25) is 14.5 Å². The van der Waals surface area contributed by atoms with E-state index in [0.29, 0.717) is 13.0 Å². The quantitative estimate of drug-likeness (QED) is 0.790. The summed E-state index contributed by atoms with van der Waals surface area (Å²) in [7, 11) is 2.08. The SMILES string of the molecule is CN1CCN(C(=O)[C@H]2COC3(CCCCC3)N2C(=O)Cc2cccs2)CC1. The Morgan fingerprint density at radius 1 is 1.19 bits per heavy atom. The highest BCUT2D eigenvalue weighted by Crippen LogP contribution is 2.41. The molecule has 2 saturated heterocycles. The van der Waals surface area contributed by atoms with Gasteiger partial charge in [0.2, 0.25) is 11.8 Å². The van der Waals surface area contributed by atoms with Crippen molar-refractivity contribution in [1.29, 1.82) is 0 Å². The number of carbonyl (C=O) groups is 2. The molecule has 0 bridgehead atoms. The molecule has 1 atom stereocenters. The lowest BCUT2D eigenvalue weighted by Gasteiger charge is -2.42. The van der Waals surface area contributed by atoms with E-state index in [1.165, 1.54) is 6.42 Å². The second-order valence-corrected chi connectivity index (χ2v) is 9.01. The Bertz CT molecular complexity index is 664. The van der Waals surface area contributed by atoms with Crippen LogP contribution in [0, 0.1) is 0 Å². The van der Waals surface area contributed by atoms with Gasteiger partial charge in [-0.05, 0) is 44.2 Å². The molecule has 2 amide bonds. The third kappa shape index (κ3) is 3.77. The van der Waals surface area contributed by atoms with Crippen LogP contribution in [0.15, 0.2) is 17.5 Å². The van der Waals surface area contributed by atoms with E-state index < -0.39 is 11.8 Å². The minimum atomic E-state index is -0.570. The number of ether oxygens (including phenoxy) is 1. The van der Waals surface area contributed by atoms with E-state index in [0.717, 1.165) is 56.7 Å². The average molecular weight is 392 g/mol. The summed E-state index contributed by atoms with van der Waals surface area (Å²) in [5.41, 5.74) is -0.570. The van der Waals surface area contributed by atoms with Crippen LogP contribution in [0.3, 0.4) is 0 Å². The number of likely N-dealkylation sites (N-methyl/N-ethyl adjacent to an activating group) is 1. The lowest BCUT2D eigenvalue weighted by atomic mass is 9.90. The van der Waals surface area contributed by atoms with Crippen LogP contribution in [-0.2, 0) is 20.7 Å². The third-order valence-electron chi connectivity index (χ3n) is 6.17. The van der Waals surface area contributed by atoms with Crippen LogP contribution in [0.25, 0.3) is 0 Å². The Kier molecular flexibility index (Phi) is 5.53. The molecule has 3 fully saturated rings. The molecule has 3 aliphatic rings. The van der Waals surface area contributed by atoms with E-state index in [-0.39, 0.29) is 11.8 Å². The van der Waals surface area contributed by atoms with Crippen molar-refractivity contribution in [3.05, 3.63) is 22.4 Å². The van der Waals surface area contributed by atoms with Gasteiger partial charge in [0, 0.05) is 31.1 Å². The summed E-state index contributed by atoms with van der Waals surface area (Å²) in [6.07, 6.45) is 5.33. The van der Waals surface area contributed by atoms with Gasteiger partial charge in [-0.25, -0.2) is 0 Å². The predicted molar refractivity (Wildman–Crippen MR) is 105 cm³/mol. The Labute approximate surface area is 165 Å². The van der Waals surface area contributed by atoms with Gasteiger partial charge in [0.25, 0.3) is 0 Å². The average Bonchev–Trinajstić information content (AvgIpc) is 3.30. The van der Waals surface area contributed by atoms with Crippen molar-refractivity contribution in [2.24, 2.45) is 0 Å². The first-order valence-electron chi connectivity index (χ1n) is 10.0. The number of carbonyl (C=O) groups excluding carboxylic acids is 2. The summed E-state index contributed by atoms with van der Waals surface area (Å²) in [4.78, 5) is 33.6. The van der Waals surface area contributed by atoms with Gasteiger partial charge in [-0.15, -0.1) is 11.3 Å². The molecule has 27 heavy (non-hydrogen) atoms. The first kappa shape index (κ1) is 18.9. The summed E-state index contributed by atoms with van der Waals surface area (Å²) in [6.45, 7) is 3.56. The summed E-state index contributed by atoms with van der Waals surface area (Å²) in [5.74, 6) is 0.0920. The van der Waals surface area contributed by atoms with Gasteiger partial charge in [-0.2, -0.15) is 0 Å². The number of hydrogen-bond acceptors (Lipinski definition) is 5. The number of piperazine rings is 1. The largest absolute Gasteiger partial charge is 0.353 e. The normalized spacial score (nSPS) is 25.9. The van der Waals surface area contributed by atoms with E-state index in [2.05, 4.69) is 11.9 Å². The zero-order valence-electron chi connectivity index (χ0n) is 16.1. The molecule has 1 spiro atoms. The van der Waals surface area contributed by atoms with Crippen molar-refractivity contribution in [1.82, 2.24) is 14.7 Å². The van der Waals surface area contributed by atoms with Gasteiger partial charge >= 0.3 is 0 Å².